The molecule has 0 radical (unpaired) electrons. The average molecular weight is 501 g/mol. The second kappa shape index (κ2) is 11.4. The Morgan fingerprint density at radius 3 is 2.25 bits per heavy atom. The number of nitrogens with one attached hydrogen (secondary N) is 2. The van der Waals surface area contributed by atoms with Crippen molar-refractivity contribution in [3.63, 3.8) is 0 Å². The Morgan fingerprint density at radius 2 is 1.64 bits per heavy atom. The molecule has 7 N–H and O–H groups in total. The normalized spacial score (nSPS) is 13.8. The highest BCUT2D eigenvalue weighted by Crippen LogP contribution is 2.18. The standard InChI is InChI=1S/C24H28N4O8/c1-12-7-16-17(8-13(12)2)28(10-18(30)21(32)19(31)11-29)24(35)20(26-16)23(34)25-9-14-3-5-15(6-4-14)22(33)27-36/h3-8,18-19,21,29-32,36H,9-11H2,1-2H3,(H,25,34)(H,27,33). The first-order valence-corrected chi connectivity index (χ1v) is 11.1. The summed E-state index contributed by atoms with van der Waals surface area (Å²) in [6.45, 7) is 2.41. The number of carbonyl (C=O) groups excluding carboxylic acids is 2. The summed E-state index contributed by atoms with van der Waals surface area (Å²) in [5.41, 5.74) is 3.41. The Kier molecular flexibility index (Phi) is 8.50. The van der Waals surface area contributed by atoms with Crippen molar-refractivity contribution in [2.45, 2.75) is 45.2 Å². The number of aromatic nitrogens is 2. The molecule has 192 valence electrons. The second-order valence-corrected chi connectivity index (χ2v) is 8.43. The fraction of sp³-hybridized carbons (Fsp3) is 0.333. The van der Waals surface area contributed by atoms with E-state index >= 15 is 0 Å². The highest BCUT2D eigenvalue weighted by atomic mass is 16.5. The minimum atomic E-state index is -1.73. The van der Waals surface area contributed by atoms with Crippen LogP contribution in [0.1, 0.15) is 37.5 Å². The molecular weight excluding hydrogens is 472 g/mol. The number of fused-ring (bicyclic) bond motifs is 1. The van der Waals surface area contributed by atoms with Crippen molar-refractivity contribution in [3.8, 4) is 0 Å². The van der Waals surface area contributed by atoms with Crippen molar-refractivity contribution < 1.29 is 35.2 Å². The molecule has 3 atom stereocenters. The lowest BCUT2D eigenvalue weighted by molar-refractivity contribution is -0.0805. The summed E-state index contributed by atoms with van der Waals surface area (Å²) in [5, 5.41) is 50.5. The molecule has 3 unspecified atom stereocenters. The fourth-order valence-electron chi connectivity index (χ4n) is 3.59. The quantitative estimate of drug-likeness (QED) is 0.144. The first-order valence-electron chi connectivity index (χ1n) is 11.1. The number of nitrogens with zero attached hydrogens (tertiary/aromatic N) is 2. The molecule has 3 aromatic rings. The van der Waals surface area contributed by atoms with Gasteiger partial charge in [-0.1, -0.05) is 12.1 Å². The molecule has 1 aromatic heterocycles. The van der Waals surface area contributed by atoms with E-state index in [2.05, 4.69) is 10.3 Å². The van der Waals surface area contributed by atoms with Gasteiger partial charge in [-0.05, 0) is 54.8 Å². The number of rotatable bonds is 9. The van der Waals surface area contributed by atoms with Gasteiger partial charge in [-0.2, -0.15) is 0 Å². The first kappa shape index (κ1) is 26.9. The number of aliphatic hydroxyl groups is 4. The molecule has 3 rings (SSSR count). The fourth-order valence-corrected chi connectivity index (χ4v) is 3.59. The summed E-state index contributed by atoms with van der Waals surface area (Å²) in [6, 6.07) is 9.39. The van der Waals surface area contributed by atoms with Crippen LogP contribution in [0.15, 0.2) is 41.2 Å². The number of carbonyl (C=O) groups is 2. The lowest BCUT2D eigenvalue weighted by Crippen LogP contribution is -2.44. The molecule has 2 aromatic carbocycles. The molecular formula is C24H28N4O8. The summed E-state index contributed by atoms with van der Waals surface area (Å²) >= 11 is 0. The van der Waals surface area contributed by atoms with Gasteiger partial charge in [-0.15, -0.1) is 0 Å². The number of benzene rings is 2. The highest BCUT2D eigenvalue weighted by molar-refractivity contribution is 5.94. The number of amides is 2. The van der Waals surface area contributed by atoms with Gasteiger partial charge in [0, 0.05) is 12.1 Å². The maximum absolute atomic E-state index is 13.2. The number of aliphatic hydroxyl groups excluding tert-OH is 4. The van der Waals surface area contributed by atoms with Gasteiger partial charge in [0.2, 0.25) is 0 Å². The van der Waals surface area contributed by atoms with Crippen LogP contribution < -0.4 is 16.4 Å². The Labute approximate surface area is 205 Å². The smallest absolute Gasteiger partial charge is 0.282 e. The van der Waals surface area contributed by atoms with E-state index in [1.165, 1.54) is 17.6 Å². The summed E-state index contributed by atoms with van der Waals surface area (Å²) in [4.78, 5) is 41.8. The van der Waals surface area contributed by atoms with Crippen molar-refractivity contribution in [3.05, 3.63) is 74.7 Å². The van der Waals surface area contributed by atoms with Crippen LogP contribution in [0.3, 0.4) is 0 Å². The zero-order valence-corrected chi connectivity index (χ0v) is 19.7. The van der Waals surface area contributed by atoms with E-state index < -0.39 is 54.5 Å². The van der Waals surface area contributed by atoms with Gasteiger partial charge >= 0.3 is 0 Å². The first-order chi connectivity index (χ1) is 17.1. The van der Waals surface area contributed by atoms with Crippen molar-refractivity contribution in [1.29, 1.82) is 0 Å². The third kappa shape index (κ3) is 5.75. The van der Waals surface area contributed by atoms with E-state index in [1.807, 2.05) is 13.8 Å². The summed E-state index contributed by atoms with van der Waals surface area (Å²) in [7, 11) is 0. The largest absolute Gasteiger partial charge is 0.394 e. The Bertz CT molecular complexity index is 1320. The molecule has 12 heteroatoms. The molecule has 0 aliphatic heterocycles. The molecule has 0 saturated heterocycles. The predicted molar refractivity (Wildman–Crippen MR) is 127 cm³/mol. The number of hydroxylamine groups is 1. The van der Waals surface area contributed by atoms with Crippen LogP contribution in [0, 0.1) is 13.8 Å². The van der Waals surface area contributed by atoms with E-state index in [0.717, 1.165) is 15.7 Å². The van der Waals surface area contributed by atoms with Gasteiger partial charge in [-0.3, -0.25) is 19.6 Å². The number of hydrogen-bond donors (Lipinski definition) is 7. The van der Waals surface area contributed by atoms with E-state index in [1.54, 1.807) is 24.3 Å². The molecule has 0 saturated carbocycles. The van der Waals surface area contributed by atoms with E-state index in [4.69, 9.17) is 10.3 Å². The minimum absolute atomic E-state index is 0.00989. The molecule has 0 spiro atoms. The van der Waals surface area contributed by atoms with Gasteiger partial charge in [0.25, 0.3) is 17.4 Å². The number of hydrogen-bond acceptors (Lipinski definition) is 9. The van der Waals surface area contributed by atoms with Gasteiger partial charge in [0.1, 0.15) is 18.3 Å². The van der Waals surface area contributed by atoms with Crippen molar-refractivity contribution in [2.75, 3.05) is 6.61 Å². The summed E-state index contributed by atoms with van der Waals surface area (Å²) < 4.78 is 1.10. The highest BCUT2D eigenvalue weighted by Gasteiger charge is 2.27. The lowest BCUT2D eigenvalue weighted by Gasteiger charge is -2.23. The van der Waals surface area contributed by atoms with Gasteiger partial charge in [-0.25, -0.2) is 10.5 Å². The molecule has 0 fully saturated rings. The van der Waals surface area contributed by atoms with Gasteiger partial charge in [0.15, 0.2) is 5.69 Å². The summed E-state index contributed by atoms with van der Waals surface area (Å²) in [6.07, 6.45) is -4.97. The maximum atomic E-state index is 13.2. The van der Waals surface area contributed by atoms with Crippen LogP contribution in [-0.4, -0.2) is 71.9 Å². The third-order valence-corrected chi connectivity index (χ3v) is 5.89. The van der Waals surface area contributed by atoms with Crippen LogP contribution in [0.2, 0.25) is 0 Å². The lowest BCUT2D eigenvalue weighted by atomic mass is 10.1. The van der Waals surface area contributed by atoms with E-state index in [9.17, 15) is 29.7 Å². The topological polar surface area (TPSA) is 194 Å². The Hall–Kier alpha value is -3.68. The zero-order chi connectivity index (χ0) is 26.6. The second-order valence-electron chi connectivity index (χ2n) is 8.43. The Balaban J connectivity index is 1.94. The van der Waals surface area contributed by atoms with Crippen molar-refractivity contribution in [2.24, 2.45) is 0 Å². The molecule has 2 amide bonds. The van der Waals surface area contributed by atoms with E-state index in [-0.39, 0.29) is 12.1 Å². The van der Waals surface area contributed by atoms with E-state index in [0.29, 0.717) is 16.6 Å². The van der Waals surface area contributed by atoms with Gasteiger partial charge < -0.3 is 30.3 Å². The zero-order valence-electron chi connectivity index (χ0n) is 19.7. The molecule has 1 heterocycles. The monoisotopic (exact) mass is 500 g/mol. The third-order valence-electron chi connectivity index (χ3n) is 5.89. The summed E-state index contributed by atoms with van der Waals surface area (Å²) in [5.74, 6) is -1.47. The van der Waals surface area contributed by atoms with Crippen molar-refractivity contribution >= 4 is 22.8 Å². The van der Waals surface area contributed by atoms with Gasteiger partial charge in [0.05, 0.1) is 24.2 Å². The molecule has 0 aliphatic carbocycles. The maximum Gasteiger partial charge on any atom is 0.282 e. The minimum Gasteiger partial charge on any atom is -0.394 e. The average Bonchev–Trinajstić information content (AvgIpc) is 2.88. The van der Waals surface area contributed by atoms with Crippen LogP contribution in [0.25, 0.3) is 11.0 Å². The van der Waals surface area contributed by atoms with Crippen molar-refractivity contribution in [1.82, 2.24) is 20.3 Å². The molecule has 36 heavy (non-hydrogen) atoms. The number of aryl methyl sites for hydroxylation is 2. The van der Waals surface area contributed by atoms with Crippen LogP contribution in [0.4, 0.5) is 0 Å². The molecule has 0 bridgehead atoms. The van der Waals surface area contributed by atoms with Crippen LogP contribution >= 0.6 is 0 Å². The Morgan fingerprint density at radius 1 is 1.00 bits per heavy atom. The predicted octanol–water partition coefficient (Wildman–Crippen LogP) is -0.863. The van der Waals surface area contributed by atoms with Crippen LogP contribution in [-0.2, 0) is 13.1 Å². The SMILES string of the molecule is Cc1cc2nc(C(=O)NCc3ccc(C(=O)NO)cc3)c(=O)n(CC(O)C(O)C(O)CO)c2cc1C. The van der Waals surface area contributed by atoms with Crippen LogP contribution in [0.5, 0.6) is 0 Å². The molecule has 12 nitrogen and oxygen atoms in total. The molecule has 0 aliphatic rings.